The molecule has 9 heteroatoms. The van der Waals surface area contributed by atoms with Gasteiger partial charge in [0.25, 0.3) is 11.8 Å². The van der Waals surface area contributed by atoms with E-state index >= 15 is 0 Å². The van der Waals surface area contributed by atoms with Gasteiger partial charge >= 0.3 is 0 Å². The Morgan fingerprint density at radius 1 is 0.868 bits per heavy atom. The quantitative estimate of drug-likeness (QED) is 0.581. The Morgan fingerprint density at radius 3 is 2.45 bits per heavy atom. The number of rotatable bonds is 1. The fourth-order valence-corrected chi connectivity index (χ4v) is 6.33. The molecule has 0 saturated carbocycles. The molecule has 2 aromatic carbocycles. The lowest BCUT2D eigenvalue weighted by atomic mass is 9.94. The smallest absolute Gasteiger partial charge is 0.261 e. The van der Waals surface area contributed by atoms with E-state index in [9.17, 15) is 9.59 Å². The first-order valence-electron chi connectivity index (χ1n) is 13.4. The molecule has 7 rings (SSSR count). The van der Waals surface area contributed by atoms with Gasteiger partial charge in [0.2, 0.25) is 0 Å². The maximum Gasteiger partial charge on any atom is 0.261 e. The van der Waals surface area contributed by atoms with Crippen molar-refractivity contribution in [2.75, 3.05) is 69.0 Å². The van der Waals surface area contributed by atoms with Gasteiger partial charge in [0.05, 0.1) is 48.9 Å². The number of benzene rings is 2. The third-order valence-electron chi connectivity index (χ3n) is 8.12. The van der Waals surface area contributed by atoms with Crippen molar-refractivity contribution in [3.05, 3.63) is 70.8 Å². The molecule has 2 amide bonds. The lowest BCUT2D eigenvalue weighted by Gasteiger charge is -2.44. The van der Waals surface area contributed by atoms with Crippen molar-refractivity contribution in [2.45, 2.75) is 13.2 Å². The number of hydrogen-bond acceptors (Lipinski definition) is 8. The van der Waals surface area contributed by atoms with Gasteiger partial charge in [-0.1, -0.05) is 43.3 Å². The van der Waals surface area contributed by atoms with Gasteiger partial charge in [-0.05, 0) is 24.3 Å². The molecule has 0 radical (unpaired) electrons. The summed E-state index contributed by atoms with van der Waals surface area (Å²) < 4.78 is 12.4. The summed E-state index contributed by atoms with van der Waals surface area (Å²) in [5, 5.41) is 6.96. The molecule has 9 nitrogen and oxygen atoms in total. The molecule has 1 atom stereocenters. The lowest BCUT2D eigenvalue weighted by molar-refractivity contribution is -0.123. The predicted octanol–water partition coefficient (Wildman–Crippen LogP) is 2.07. The molecule has 0 aliphatic carbocycles. The maximum atomic E-state index is 13.6. The molecule has 0 spiro atoms. The van der Waals surface area contributed by atoms with Crippen LogP contribution in [-0.4, -0.2) is 87.0 Å². The largest absolute Gasteiger partial charge is 0.378 e. The van der Waals surface area contributed by atoms with Crippen molar-refractivity contribution in [1.82, 2.24) is 15.2 Å². The topological polar surface area (TPSA) is 77.6 Å². The molecule has 5 aliphatic rings. The van der Waals surface area contributed by atoms with Gasteiger partial charge < -0.3 is 14.4 Å². The second-order valence-electron chi connectivity index (χ2n) is 10.1. The zero-order valence-corrected chi connectivity index (χ0v) is 21.5. The predicted molar refractivity (Wildman–Crippen MR) is 144 cm³/mol. The van der Waals surface area contributed by atoms with Crippen LogP contribution in [0.4, 0.5) is 11.4 Å². The van der Waals surface area contributed by atoms with E-state index in [1.54, 1.807) is 0 Å². The number of amides is 2. The number of para-hydroxylation sites is 2. The summed E-state index contributed by atoms with van der Waals surface area (Å²) in [6.07, 6.45) is -0.314. The van der Waals surface area contributed by atoms with Crippen LogP contribution in [0.5, 0.6) is 0 Å². The number of hydrogen-bond donors (Lipinski definition) is 1. The minimum Gasteiger partial charge on any atom is -0.378 e. The van der Waals surface area contributed by atoms with Crippen LogP contribution in [0.15, 0.2) is 59.7 Å². The molecular formula is C29H31N5O4. The van der Waals surface area contributed by atoms with Crippen LogP contribution in [0.25, 0.3) is 11.3 Å². The molecular weight excluding hydrogens is 482 g/mol. The Labute approximate surface area is 221 Å². The summed E-state index contributed by atoms with van der Waals surface area (Å²) in [6, 6.07) is 16.2. The van der Waals surface area contributed by atoms with Crippen molar-refractivity contribution < 1.29 is 19.1 Å². The van der Waals surface area contributed by atoms with Gasteiger partial charge in [0.15, 0.2) is 6.23 Å². The molecule has 0 aromatic heterocycles. The summed E-state index contributed by atoms with van der Waals surface area (Å²) in [4.78, 5) is 31.7. The first-order valence-corrected chi connectivity index (χ1v) is 13.4. The van der Waals surface area contributed by atoms with Crippen LogP contribution in [0.3, 0.4) is 0 Å². The second-order valence-corrected chi connectivity index (χ2v) is 10.1. The number of nitrogens with zero attached hydrogens (tertiary/aromatic N) is 4. The summed E-state index contributed by atoms with van der Waals surface area (Å²) in [5.41, 5.74) is 6.54. The van der Waals surface area contributed by atoms with E-state index < -0.39 is 0 Å². The molecule has 38 heavy (non-hydrogen) atoms. The summed E-state index contributed by atoms with van der Waals surface area (Å²) in [5.74, 6) is -0.699. The zero-order valence-electron chi connectivity index (χ0n) is 21.5. The van der Waals surface area contributed by atoms with Gasteiger partial charge in [-0.15, -0.1) is 0 Å². The van der Waals surface area contributed by atoms with Gasteiger partial charge in [0, 0.05) is 43.0 Å². The molecule has 1 N–H and O–H groups in total. The Morgan fingerprint density at radius 2 is 1.61 bits per heavy atom. The highest BCUT2D eigenvalue weighted by atomic mass is 16.5. The van der Waals surface area contributed by atoms with E-state index in [1.807, 2.05) is 36.4 Å². The molecule has 2 fully saturated rings. The number of ether oxygens (including phenoxy) is 2. The van der Waals surface area contributed by atoms with Gasteiger partial charge in [-0.25, -0.2) is 0 Å². The fourth-order valence-electron chi connectivity index (χ4n) is 6.33. The number of anilines is 2. The van der Waals surface area contributed by atoms with Crippen molar-refractivity contribution in [3.63, 3.8) is 0 Å². The number of fused-ring (bicyclic) bond motifs is 9. The number of nitrogens with one attached hydrogen (secondary N) is 1. The summed E-state index contributed by atoms with van der Waals surface area (Å²) in [6.45, 7) is 8.13. The normalized spacial score (nSPS) is 25.5. The summed E-state index contributed by atoms with van der Waals surface area (Å²) >= 11 is 0. The molecule has 2 saturated heterocycles. The SMILES string of the molecule is CCN1CCOCCN2C/C(=C3\C(=O)NC(=O)C3=C3c4ccccc4N4CCOC(C1)N34)c1ccccc12. The molecule has 1 unspecified atom stereocenters. The average Bonchev–Trinajstić information content (AvgIpc) is 3.56. The lowest BCUT2D eigenvalue weighted by Crippen LogP contribution is -2.56. The second kappa shape index (κ2) is 9.27. The monoisotopic (exact) mass is 513 g/mol. The van der Waals surface area contributed by atoms with E-state index in [1.165, 1.54) is 0 Å². The molecule has 5 aliphatic heterocycles. The molecule has 196 valence electrons. The summed E-state index contributed by atoms with van der Waals surface area (Å²) in [7, 11) is 0. The van der Waals surface area contributed by atoms with Crippen molar-refractivity contribution in [1.29, 1.82) is 0 Å². The van der Waals surface area contributed by atoms with Crippen LogP contribution in [0.2, 0.25) is 0 Å². The average molecular weight is 514 g/mol. The maximum absolute atomic E-state index is 13.6. The van der Waals surface area contributed by atoms with Crippen LogP contribution < -0.4 is 15.2 Å². The molecule has 5 heterocycles. The Kier molecular flexibility index (Phi) is 5.72. The van der Waals surface area contributed by atoms with Gasteiger partial charge in [0.1, 0.15) is 0 Å². The van der Waals surface area contributed by atoms with E-state index in [0.717, 1.165) is 46.9 Å². The van der Waals surface area contributed by atoms with Crippen molar-refractivity contribution >= 4 is 34.5 Å². The van der Waals surface area contributed by atoms with E-state index in [2.05, 4.69) is 44.2 Å². The molecule has 2 bridgehead atoms. The van der Waals surface area contributed by atoms with Gasteiger partial charge in [-0.2, -0.15) is 0 Å². The number of imide groups is 1. The van der Waals surface area contributed by atoms with Crippen molar-refractivity contribution in [2.24, 2.45) is 0 Å². The zero-order chi connectivity index (χ0) is 25.8. The van der Waals surface area contributed by atoms with E-state index in [4.69, 9.17) is 9.47 Å². The highest BCUT2D eigenvalue weighted by Gasteiger charge is 2.47. The Hall–Kier alpha value is -3.66. The van der Waals surface area contributed by atoms with E-state index in [-0.39, 0.29) is 18.0 Å². The first-order chi connectivity index (χ1) is 18.7. The third-order valence-corrected chi connectivity index (χ3v) is 8.12. The minimum atomic E-state index is -0.357. The van der Waals surface area contributed by atoms with Crippen molar-refractivity contribution in [3.8, 4) is 0 Å². The first kappa shape index (κ1) is 23.5. The molecule has 2 aromatic rings. The Bertz CT molecular complexity index is 1380. The van der Waals surface area contributed by atoms with Crippen LogP contribution in [0, 0.1) is 0 Å². The van der Waals surface area contributed by atoms with Gasteiger partial charge in [-0.3, -0.25) is 29.8 Å². The number of carbonyl (C=O) groups excluding carboxylic acids is 2. The van der Waals surface area contributed by atoms with E-state index in [0.29, 0.717) is 57.1 Å². The number of hydrazine groups is 1. The third kappa shape index (κ3) is 3.57. The Balaban J connectivity index is 1.49. The fraction of sp³-hybridized carbons (Fsp3) is 0.379. The number of likely N-dealkylation sites (N-methyl/N-ethyl adjacent to an activating group) is 1. The van der Waals surface area contributed by atoms with Crippen LogP contribution >= 0.6 is 0 Å². The van der Waals surface area contributed by atoms with Crippen LogP contribution in [-0.2, 0) is 19.1 Å². The van der Waals surface area contributed by atoms with Crippen LogP contribution in [0.1, 0.15) is 18.1 Å². The number of carbonyl (C=O) groups is 2. The highest BCUT2D eigenvalue weighted by Crippen LogP contribution is 2.48. The minimum absolute atomic E-state index is 0.314. The standard InChI is InChI=1S/C29H31N5O4/c1-2-31-11-14-37-15-12-32-17-21(19-7-3-5-9-22(19)32)25-26(29(36)30-28(25)35)27-20-8-4-6-10-23(20)33-13-16-38-24(18-31)34(27)33/h3-10,24H,2,11-18H2,1H3,(H,30,35,36)/b25-21+,27-26?. The highest BCUT2D eigenvalue weighted by molar-refractivity contribution is 6.31.